The smallest absolute Gasteiger partial charge is 0.315 e. The van der Waals surface area contributed by atoms with Crippen LogP contribution in [0.4, 0.5) is 4.79 Å². The standard InChI is InChI=1S/C23H31N3O4/c1-12-19(6-3-7-24-12)30-20-11-29-21-18(10-28-22(20)21)26-23(27)25-17-9-13-8-16(17)15-5-2-4-14(13)15/h3,6-7,13-18,20-22H,2,4-5,8-11H2,1H3,(H2,25,26,27)/t13?,14?,15?,16?,17?,18-,20-,21+,22+/m0/s1. The van der Waals surface area contributed by atoms with E-state index in [9.17, 15) is 4.79 Å². The van der Waals surface area contributed by atoms with Crippen LogP contribution in [-0.2, 0) is 9.47 Å². The molecule has 5 unspecified atom stereocenters. The second-order valence-corrected chi connectivity index (χ2v) is 9.82. The van der Waals surface area contributed by atoms with Gasteiger partial charge < -0.3 is 24.8 Å². The SMILES string of the molecule is Cc1ncccc1O[C@H]1CO[C@H]2[C@@H]1OC[C@@H]2NC(=O)NC1CC2CC1C1CCCC21. The van der Waals surface area contributed by atoms with Crippen LogP contribution in [0.15, 0.2) is 18.3 Å². The van der Waals surface area contributed by atoms with E-state index in [1.54, 1.807) is 6.20 Å². The first-order chi connectivity index (χ1) is 14.7. The molecule has 2 aliphatic heterocycles. The molecule has 7 heteroatoms. The van der Waals surface area contributed by atoms with Gasteiger partial charge in [-0.3, -0.25) is 4.98 Å². The number of carbonyl (C=O) groups is 1. The van der Waals surface area contributed by atoms with Gasteiger partial charge in [0.2, 0.25) is 0 Å². The van der Waals surface area contributed by atoms with Crippen LogP contribution in [0.25, 0.3) is 0 Å². The number of aromatic nitrogens is 1. The summed E-state index contributed by atoms with van der Waals surface area (Å²) in [6, 6.07) is 3.90. The highest BCUT2D eigenvalue weighted by molar-refractivity contribution is 5.75. The average Bonchev–Trinajstić information content (AvgIpc) is 3.51. The predicted molar refractivity (Wildman–Crippen MR) is 109 cm³/mol. The van der Waals surface area contributed by atoms with Crippen molar-refractivity contribution >= 4 is 6.03 Å². The first-order valence-electron chi connectivity index (χ1n) is 11.6. The van der Waals surface area contributed by atoms with Crippen molar-refractivity contribution < 1.29 is 19.0 Å². The third-order valence-corrected chi connectivity index (χ3v) is 8.31. The largest absolute Gasteiger partial charge is 0.483 e. The maximum atomic E-state index is 12.8. The maximum absolute atomic E-state index is 12.8. The highest BCUT2D eigenvalue weighted by Crippen LogP contribution is 2.58. The van der Waals surface area contributed by atoms with Gasteiger partial charge in [0.1, 0.15) is 18.0 Å². The first-order valence-corrected chi connectivity index (χ1v) is 11.6. The summed E-state index contributed by atoms with van der Waals surface area (Å²) >= 11 is 0. The van der Waals surface area contributed by atoms with Crippen LogP contribution in [0.2, 0.25) is 0 Å². The third kappa shape index (κ3) is 3.09. The lowest BCUT2D eigenvalue weighted by Gasteiger charge is -2.32. The zero-order valence-corrected chi connectivity index (χ0v) is 17.5. The summed E-state index contributed by atoms with van der Waals surface area (Å²) in [5.74, 6) is 4.06. The molecule has 2 amide bonds. The number of ether oxygens (including phenoxy) is 3. The van der Waals surface area contributed by atoms with Gasteiger partial charge in [0, 0.05) is 12.2 Å². The molecule has 3 heterocycles. The van der Waals surface area contributed by atoms with E-state index in [1.807, 2.05) is 19.1 Å². The summed E-state index contributed by atoms with van der Waals surface area (Å²) in [5, 5.41) is 6.41. The average molecular weight is 414 g/mol. The van der Waals surface area contributed by atoms with Crippen molar-refractivity contribution in [2.45, 2.75) is 69.4 Å². The quantitative estimate of drug-likeness (QED) is 0.792. The summed E-state index contributed by atoms with van der Waals surface area (Å²) in [7, 11) is 0. The van der Waals surface area contributed by atoms with E-state index in [-0.39, 0.29) is 30.4 Å². The van der Waals surface area contributed by atoms with E-state index in [2.05, 4.69) is 15.6 Å². The summed E-state index contributed by atoms with van der Waals surface area (Å²) < 4.78 is 18.1. The third-order valence-electron chi connectivity index (χ3n) is 8.31. The minimum Gasteiger partial charge on any atom is -0.483 e. The summed E-state index contributed by atoms with van der Waals surface area (Å²) in [4.78, 5) is 17.0. The fraction of sp³-hybridized carbons (Fsp3) is 0.739. The van der Waals surface area contributed by atoms with Crippen molar-refractivity contribution in [1.82, 2.24) is 15.6 Å². The Balaban J connectivity index is 1.04. The highest BCUT2D eigenvalue weighted by Gasteiger charge is 2.54. The van der Waals surface area contributed by atoms with Gasteiger partial charge in [-0.25, -0.2) is 4.79 Å². The van der Waals surface area contributed by atoms with E-state index < -0.39 is 0 Å². The van der Waals surface area contributed by atoms with Crippen LogP contribution in [-0.4, -0.2) is 54.6 Å². The Bertz CT molecular complexity index is 819. The van der Waals surface area contributed by atoms with Gasteiger partial charge in [0.25, 0.3) is 0 Å². The number of nitrogens with zero attached hydrogens (tertiary/aromatic N) is 1. The number of hydrogen-bond donors (Lipinski definition) is 2. The molecule has 1 aromatic rings. The Kier molecular flexibility index (Phi) is 4.64. The number of carbonyl (C=O) groups excluding carboxylic acids is 1. The van der Waals surface area contributed by atoms with Gasteiger partial charge >= 0.3 is 6.03 Å². The number of urea groups is 1. The van der Waals surface area contributed by atoms with Crippen molar-refractivity contribution in [3.8, 4) is 5.75 Å². The number of aryl methyl sites for hydroxylation is 1. The van der Waals surface area contributed by atoms with E-state index in [0.717, 1.165) is 35.6 Å². The maximum Gasteiger partial charge on any atom is 0.315 e. The summed E-state index contributed by atoms with van der Waals surface area (Å²) in [5.41, 5.74) is 0.850. The van der Waals surface area contributed by atoms with Crippen molar-refractivity contribution in [3.63, 3.8) is 0 Å². The topological polar surface area (TPSA) is 81.7 Å². The number of rotatable bonds is 4. The van der Waals surface area contributed by atoms with E-state index >= 15 is 0 Å². The molecular weight excluding hydrogens is 382 g/mol. The van der Waals surface area contributed by atoms with Gasteiger partial charge in [0.05, 0.1) is 24.9 Å². The lowest BCUT2D eigenvalue weighted by molar-refractivity contribution is 0.0299. The molecule has 2 N–H and O–H groups in total. The molecule has 162 valence electrons. The molecule has 0 aromatic carbocycles. The lowest BCUT2D eigenvalue weighted by Crippen LogP contribution is -2.52. The Morgan fingerprint density at radius 2 is 1.90 bits per heavy atom. The van der Waals surface area contributed by atoms with E-state index in [1.165, 1.54) is 25.7 Å². The summed E-state index contributed by atoms with van der Waals surface area (Å²) in [6.45, 7) is 2.84. The molecule has 1 aromatic heterocycles. The molecular formula is C23H31N3O4. The number of nitrogens with one attached hydrogen (secondary N) is 2. The molecule has 5 fully saturated rings. The number of hydrogen-bond acceptors (Lipinski definition) is 5. The second kappa shape index (κ2) is 7.38. The lowest BCUT2D eigenvalue weighted by atomic mass is 9.79. The number of fused-ring (bicyclic) bond motifs is 6. The molecule has 3 aliphatic carbocycles. The zero-order chi connectivity index (χ0) is 20.2. The predicted octanol–water partition coefficient (Wildman–Crippen LogP) is 2.43. The first kappa shape index (κ1) is 18.9. The molecule has 6 rings (SSSR count). The molecule has 0 radical (unpaired) electrons. The Hall–Kier alpha value is -1.86. The van der Waals surface area contributed by atoms with Crippen LogP contribution in [0, 0.1) is 30.6 Å². The van der Waals surface area contributed by atoms with Crippen molar-refractivity contribution in [2.24, 2.45) is 23.7 Å². The normalized spacial score (nSPS) is 43.4. The molecule has 7 nitrogen and oxygen atoms in total. The zero-order valence-electron chi connectivity index (χ0n) is 17.5. The van der Waals surface area contributed by atoms with Crippen molar-refractivity contribution in [2.75, 3.05) is 13.2 Å². The van der Waals surface area contributed by atoms with E-state index in [4.69, 9.17) is 14.2 Å². The van der Waals surface area contributed by atoms with Crippen LogP contribution in [0.3, 0.4) is 0 Å². The Labute approximate surface area is 177 Å². The minimum atomic E-state index is -0.183. The number of amides is 2. The van der Waals surface area contributed by atoms with Crippen LogP contribution in [0.5, 0.6) is 5.75 Å². The fourth-order valence-electron chi connectivity index (χ4n) is 7.06. The fourth-order valence-corrected chi connectivity index (χ4v) is 7.06. The van der Waals surface area contributed by atoms with Gasteiger partial charge in [-0.2, -0.15) is 0 Å². The molecule has 9 atom stereocenters. The molecule has 2 bridgehead atoms. The molecule has 5 aliphatic rings. The van der Waals surface area contributed by atoms with Crippen molar-refractivity contribution in [3.05, 3.63) is 24.0 Å². The Morgan fingerprint density at radius 1 is 1.07 bits per heavy atom. The van der Waals surface area contributed by atoms with Gasteiger partial charge in [-0.05, 0) is 68.4 Å². The van der Waals surface area contributed by atoms with Crippen LogP contribution < -0.4 is 15.4 Å². The highest BCUT2D eigenvalue weighted by atomic mass is 16.6. The molecule has 3 saturated carbocycles. The van der Waals surface area contributed by atoms with E-state index in [0.29, 0.717) is 25.2 Å². The van der Waals surface area contributed by atoms with Gasteiger partial charge in [-0.15, -0.1) is 0 Å². The van der Waals surface area contributed by atoms with Crippen molar-refractivity contribution in [1.29, 1.82) is 0 Å². The number of pyridine rings is 1. The molecule has 30 heavy (non-hydrogen) atoms. The molecule has 2 saturated heterocycles. The van der Waals surface area contributed by atoms with Crippen LogP contribution in [0.1, 0.15) is 37.8 Å². The Morgan fingerprint density at radius 3 is 2.80 bits per heavy atom. The van der Waals surface area contributed by atoms with Crippen LogP contribution >= 0.6 is 0 Å². The van der Waals surface area contributed by atoms with Gasteiger partial charge in [0.15, 0.2) is 6.10 Å². The van der Waals surface area contributed by atoms with Gasteiger partial charge in [-0.1, -0.05) is 6.42 Å². The minimum absolute atomic E-state index is 0.0765. The molecule has 0 spiro atoms. The monoisotopic (exact) mass is 413 g/mol. The second-order valence-electron chi connectivity index (χ2n) is 9.82. The summed E-state index contributed by atoms with van der Waals surface area (Å²) in [6.07, 6.45) is 7.85.